The third kappa shape index (κ3) is 4.14. The fraction of sp³-hybridized carbons (Fsp3) is 0.316. The van der Waals surface area contributed by atoms with Crippen LogP contribution in [0.15, 0.2) is 42.5 Å². The van der Waals surface area contributed by atoms with E-state index in [0.717, 1.165) is 37.5 Å². The number of piperidine rings is 1. The number of nitrogens with one attached hydrogen (secondary N) is 1. The van der Waals surface area contributed by atoms with Crippen molar-refractivity contribution in [2.45, 2.75) is 19.8 Å². The summed E-state index contributed by atoms with van der Waals surface area (Å²) in [5.74, 6) is 0.322. The van der Waals surface area contributed by atoms with E-state index in [1.54, 1.807) is 12.1 Å². The van der Waals surface area contributed by atoms with Crippen LogP contribution in [-0.2, 0) is 0 Å². The van der Waals surface area contributed by atoms with E-state index in [-0.39, 0.29) is 11.3 Å². The van der Waals surface area contributed by atoms with Crippen LogP contribution in [-0.4, -0.2) is 23.9 Å². The van der Waals surface area contributed by atoms with Gasteiger partial charge in [0.05, 0.1) is 15.6 Å². The predicted molar refractivity (Wildman–Crippen MR) is 103 cm³/mol. The second kappa shape index (κ2) is 7.74. The van der Waals surface area contributed by atoms with E-state index in [2.05, 4.69) is 17.1 Å². The lowest BCUT2D eigenvalue weighted by Gasteiger charge is -2.32. The second-order valence-electron chi connectivity index (χ2n) is 6.60. The van der Waals surface area contributed by atoms with Crippen LogP contribution >= 0.6 is 11.6 Å². The number of carbonyl (C=O) groups excluding carboxylic acids is 1. The van der Waals surface area contributed by atoms with Gasteiger partial charge in [-0.05, 0) is 43.0 Å². The minimum atomic E-state index is -0.526. The highest BCUT2D eigenvalue weighted by molar-refractivity contribution is 6.33. The van der Waals surface area contributed by atoms with Crippen LogP contribution in [0.4, 0.5) is 17.1 Å². The first-order chi connectivity index (χ1) is 12.4. The first-order valence-corrected chi connectivity index (χ1v) is 8.92. The third-order valence-corrected chi connectivity index (χ3v) is 4.95. The van der Waals surface area contributed by atoms with Gasteiger partial charge in [-0.15, -0.1) is 0 Å². The number of amides is 1. The molecule has 3 rings (SSSR count). The Morgan fingerprint density at radius 3 is 2.62 bits per heavy atom. The molecule has 1 amide bonds. The number of anilines is 2. The van der Waals surface area contributed by atoms with Gasteiger partial charge in [0.25, 0.3) is 11.6 Å². The van der Waals surface area contributed by atoms with Gasteiger partial charge in [0.1, 0.15) is 0 Å². The molecule has 6 nitrogen and oxygen atoms in total. The highest BCUT2D eigenvalue weighted by atomic mass is 35.5. The largest absolute Gasteiger partial charge is 0.370 e. The molecule has 1 aliphatic rings. The van der Waals surface area contributed by atoms with Gasteiger partial charge in [-0.2, -0.15) is 0 Å². The standard InChI is InChI=1S/C19H20ClN3O3/c1-13-7-9-22(10-8-13)18-6-5-15(12-17(18)20)21-19(24)14-3-2-4-16(11-14)23(25)26/h2-6,11-13H,7-10H2,1H3,(H,21,24). The first-order valence-electron chi connectivity index (χ1n) is 8.54. The zero-order valence-electron chi connectivity index (χ0n) is 14.4. The molecule has 2 aromatic carbocycles. The normalized spacial score (nSPS) is 14.9. The molecule has 1 fully saturated rings. The summed E-state index contributed by atoms with van der Waals surface area (Å²) in [6.45, 7) is 4.20. The molecule has 1 aliphatic heterocycles. The highest BCUT2D eigenvalue weighted by Gasteiger charge is 2.18. The number of carbonyl (C=O) groups is 1. The zero-order chi connectivity index (χ0) is 18.7. The van der Waals surface area contributed by atoms with Crippen molar-refractivity contribution in [1.82, 2.24) is 0 Å². The molecule has 0 atom stereocenters. The van der Waals surface area contributed by atoms with E-state index in [1.165, 1.54) is 24.3 Å². The Hall–Kier alpha value is -2.60. The molecule has 1 heterocycles. The molecular weight excluding hydrogens is 354 g/mol. The maximum atomic E-state index is 12.3. The molecule has 0 spiro atoms. The Labute approximate surface area is 156 Å². The van der Waals surface area contributed by atoms with Crippen LogP contribution in [0.1, 0.15) is 30.1 Å². The number of rotatable bonds is 4. The van der Waals surface area contributed by atoms with Crippen molar-refractivity contribution in [3.8, 4) is 0 Å². The molecule has 0 aliphatic carbocycles. The quantitative estimate of drug-likeness (QED) is 0.620. The lowest BCUT2D eigenvalue weighted by molar-refractivity contribution is -0.384. The van der Waals surface area contributed by atoms with Gasteiger partial charge in [-0.1, -0.05) is 24.6 Å². The Kier molecular flexibility index (Phi) is 5.42. The lowest BCUT2D eigenvalue weighted by atomic mass is 9.99. The van der Waals surface area contributed by atoms with Crippen molar-refractivity contribution in [2.75, 3.05) is 23.3 Å². The summed E-state index contributed by atoms with van der Waals surface area (Å²) in [6.07, 6.45) is 2.28. The van der Waals surface area contributed by atoms with Gasteiger partial charge in [0, 0.05) is 36.5 Å². The molecule has 26 heavy (non-hydrogen) atoms. The van der Waals surface area contributed by atoms with Gasteiger partial charge >= 0.3 is 0 Å². The van der Waals surface area contributed by atoms with Gasteiger partial charge in [0.15, 0.2) is 0 Å². The Bertz CT molecular complexity index is 833. The fourth-order valence-electron chi connectivity index (χ4n) is 3.05. The highest BCUT2D eigenvalue weighted by Crippen LogP contribution is 2.32. The van der Waals surface area contributed by atoms with Crippen molar-refractivity contribution in [3.05, 3.63) is 63.2 Å². The van der Waals surface area contributed by atoms with Crippen LogP contribution in [0.2, 0.25) is 5.02 Å². The van der Waals surface area contributed by atoms with Crippen molar-refractivity contribution in [1.29, 1.82) is 0 Å². The van der Waals surface area contributed by atoms with Crippen LogP contribution in [0, 0.1) is 16.0 Å². The Morgan fingerprint density at radius 1 is 1.23 bits per heavy atom. The number of hydrogen-bond donors (Lipinski definition) is 1. The topological polar surface area (TPSA) is 75.5 Å². The van der Waals surface area contributed by atoms with Gasteiger partial charge < -0.3 is 10.2 Å². The molecule has 136 valence electrons. The number of non-ortho nitro benzene ring substituents is 1. The minimum absolute atomic E-state index is 0.120. The number of nitro benzene ring substituents is 1. The van der Waals surface area contributed by atoms with Crippen molar-refractivity contribution in [3.63, 3.8) is 0 Å². The van der Waals surface area contributed by atoms with E-state index >= 15 is 0 Å². The molecule has 2 aromatic rings. The van der Waals surface area contributed by atoms with E-state index in [9.17, 15) is 14.9 Å². The number of nitro groups is 1. The molecule has 0 aromatic heterocycles. The summed E-state index contributed by atoms with van der Waals surface area (Å²) in [5.41, 5.74) is 1.63. The summed E-state index contributed by atoms with van der Waals surface area (Å²) < 4.78 is 0. The predicted octanol–water partition coefficient (Wildman–Crippen LogP) is 4.74. The van der Waals surface area contributed by atoms with Crippen molar-refractivity contribution < 1.29 is 9.72 Å². The lowest BCUT2D eigenvalue weighted by Crippen LogP contribution is -2.32. The number of hydrogen-bond acceptors (Lipinski definition) is 4. The molecule has 0 bridgehead atoms. The molecule has 0 unspecified atom stereocenters. The van der Waals surface area contributed by atoms with Crippen LogP contribution in [0.5, 0.6) is 0 Å². The maximum Gasteiger partial charge on any atom is 0.270 e. The SMILES string of the molecule is CC1CCN(c2ccc(NC(=O)c3cccc([N+](=O)[O-])c3)cc2Cl)CC1. The summed E-state index contributed by atoms with van der Waals surface area (Å²) in [4.78, 5) is 24.9. The summed E-state index contributed by atoms with van der Waals surface area (Å²) >= 11 is 6.41. The third-order valence-electron chi connectivity index (χ3n) is 4.65. The molecule has 1 saturated heterocycles. The van der Waals surface area contributed by atoms with Crippen molar-refractivity contribution >= 4 is 34.6 Å². The molecule has 0 saturated carbocycles. The number of nitrogens with zero attached hydrogens (tertiary/aromatic N) is 2. The van der Waals surface area contributed by atoms with E-state index in [1.807, 2.05) is 6.07 Å². The van der Waals surface area contributed by atoms with Gasteiger partial charge in [0.2, 0.25) is 0 Å². The van der Waals surface area contributed by atoms with E-state index in [0.29, 0.717) is 10.7 Å². The average Bonchev–Trinajstić information content (AvgIpc) is 2.63. The molecule has 7 heteroatoms. The maximum absolute atomic E-state index is 12.3. The average molecular weight is 374 g/mol. The monoisotopic (exact) mass is 373 g/mol. The van der Waals surface area contributed by atoms with Crippen molar-refractivity contribution in [2.24, 2.45) is 5.92 Å². The van der Waals surface area contributed by atoms with Gasteiger partial charge in [-0.3, -0.25) is 14.9 Å². The summed E-state index contributed by atoms with van der Waals surface area (Å²) in [7, 11) is 0. The Balaban J connectivity index is 1.72. The summed E-state index contributed by atoms with van der Waals surface area (Å²) in [5, 5.41) is 14.2. The van der Waals surface area contributed by atoms with Crippen LogP contribution in [0.3, 0.4) is 0 Å². The fourth-order valence-corrected chi connectivity index (χ4v) is 3.35. The second-order valence-corrected chi connectivity index (χ2v) is 7.00. The minimum Gasteiger partial charge on any atom is -0.370 e. The van der Waals surface area contributed by atoms with Gasteiger partial charge in [-0.25, -0.2) is 0 Å². The molecular formula is C19H20ClN3O3. The van der Waals surface area contributed by atoms with E-state index in [4.69, 9.17) is 11.6 Å². The molecule has 0 radical (unpaired) electrons. The van der Waals surface area contributed by atoms with Crippen LogP contribution < -0.4 is 10.2 Å². The van der Waals surface area contributed by atoms with E-state index < -0.39 is 10.8 Å². The first kappa shape index (κ1) is 18.2. The smallest absolute Gasteiger partial charge is 0.270 e. The Morgan fingerprint density at radius 2 is 1.96 bits per heavy atom. The molecule has 1 N–H and O–H groups in total. The number of benzene rings is 2. The summed E-state index contributed by atoms with van der Waals surface area (Å²) in [6, 6.07) is 11.0. The number of halogens is 1. The zero-order valence-corrected chi connectivity index (χ0v) is 15.2. The van der Waals surface area contributed by atoms with Crippen LogP contribution in [0.25, 0.3) is 0 Å².